The third-order valence-electron chi connectivity index (χ3n) is 2.97. The summed E-state index contributed by atoms with van der Waals surface area (Å²) in [5.41, 5.74) is 6.04. The molecule has 0 unspecified atom stereocenters. The van der Waals surface area contributed by atoms with Gasteiger partial charge in [0.05, 0.1) is 6.61 Å². The molecule has 72 valence electrons. The molecule has 0 radical (unpaired) electrons. The summed E-state index contributed by atoms with van der Waals surface area (Å²) in [6.45, 7) is 6.33. The van der Waals surface area contributed by atoms with E-state index in [1.807, 2.05) is 0 Å². The first-order valence-electron chi connectivity index (χ1n) is 4.73. The Kier molecular flexibility index (Phi) is 3.50. The van der Waals surface area contributed by atoms with Crippen molar-refractivity contribution in [1.29, 1.82) is 0 Å². The molecule has 1 fully saturated rings. The van der Waals surface area contributed by atoms with Crippen LogP contribution in [0.1, 0.15) is 19.8 Å². The van der Waals surface area contributed by atoms with Gasteiger partial charge in [0.15, 0.2) is 0 Å². The summed E-state index contributed by atoms with van der Waals surface area (Å²) in [4.78, 5) is 2.30. The highest BCUT2D eigenvalue weighted by Gasteiger charge is 2.27. The normalized spacial score (nSPS) is 24.2. The Morgan fingerprint density at radius 2 is 2.00 bits per heavy atom. The van der Waals surface area contributed by atoms with E-state index in [1.165, 1.54) is 12.8 Å². The SMILES string of the molecule is CC1(CN)CCN(CCO)CC1. The maximum atomic E-state index is 8.74. The lowest BCUT2D eigenvalue weighted by Crippen LogP contribution is -2.43. The van der Waals surface area contributed by atoms with Crippen molar-refractivity contribution in [2.24, 2.45) is 11.1 Å². The van der Waals surface area contributed by atoms with E-state index in [0.29, 0.717) is 5.41 Å². The molecule has 1 heterocycles. The highest BCUT2D eigenvalue weighted by atomic mass is 16.3. The zero-order valence-electron chi connectivity index (χ0n) is 7.92. The summed E-state index contributed by atoms with van der Waals surface area (Å²) < 4.78 is 0. The molecule has 0 aromatic rings. The van der Waals surface area contributed by atoms with Crippen LogP contribution in [0.4, 0.5) is 0 Å². The van der Waals surface area contributed by atoms with Crippen LogP contribution in [0.25, 0.3) is 0 Å². The molecule has 0 spiro atoms. The van der Waals surface area contributed by atoms with Gasteiger partial charge in [-0.15, -0.1) is 0 Å². The van der Waals surface area contributed by atoms with Gasteiger partial charge in [0, 0.05) is 6.54 Å². The average molecular weight is 172 g/mol. The van der Waals surface area contributed by atoms with E-state index in [1.54, 1.807) is 0 Å². The molecule has 1 aliphatic rings. The van der Waals surface area contributed by atoms with E-state index in [2.05, 4.69) is 11.8 Å². The minimum Gasteiger partial charge on any atom is -0.395 e. The lowest BCUT2D eigenvalue weighted by molar-refractivity contribution is 0.105. The molecule has 1 aliphatic heterocycles. The average Bonchev–Trinajstić information content (AvgIpc) is 2.10. The third kappa shape index (κ3) is 2.44. The number of nitrogens with two attached hydrogens (primary N) is 1. The predicted octanol–water partition coefficient (Wildman–Crippen LogP) is 0.0395. The molecule has 0 amide bonds. The Balaban J connectivity index is 2.29. The van der Waals surface area contributed by atoms with Crippen LogP contribution >= 0.6 is 0 Å². The van der Waals surface area contributed by atoms with Crippen LogP contribution in [0.3, 0.4) is 0 Å². The molecular weight excluding hydrogens is 152 g/mol. The summed E-state index contributed by atoms with van der Waals surface area (Å²) in [6.07, 6.45) is 2.34. The lowest BCUT2D eigenvalue weighted by atomic mass is 9.80. The summed E-state index contributed by atoms with van der Waals surface area (Å²) in [6, 6.07) is 0. The number of hydrogen-bond acceptors (Lipinski definition) is 3. The van der Waals surface area contributed by atoms with Gasteiger partial charge >= 0.3 is 0 Å². The smallest absolute Gasteiger partial charge is 0.0558 e. The number of hydrogen-bond donors (Lipinski definition) is 2. The number of aliphatic hydroxyl groups is 1. The standard InChI is InChI=1S/C9H20N2O/c1-9(8-10)2-4-11(5-3-9)6-7-12/h12H,2-8,10H2,1H3. The van der Waals surface area contributed by atoms with Crippen LogP contribution in [0.2, 0.25) is 0 Å². The molecule has 3 heteroatoms. The Labute approximate surface area is 74.5 Å². The minimum atomic E-state index is 0.277. The van der Waals surface area contributed by atoms with E-state index < -0.39 is 0 Å². The van der Waals surface area contributed by atoms with Crippen LogP contribution in [-0.4, -0.2) is 42.8 Å². The predicted molar refractivity (Wildman–Crippen MR) is 49.9 cm³/mol. The molecule has 0 saturated carbocycles. The van der Waals surface area contributed by atoms with E-state index in [9.17, 15) is 0 Å². The van der Waals surface area contributed by atoms with Gasteiger partial charge in [-0.3, -0.25) is 0 Å². The Morgan fingerprint density at radius 1 is 1.42 bits per heavy atom. The van der Waals surface area contributed by atoms with E-state index in [0.717, 1.165) is 26.2 Å². The number of nitrogens with zero attached hydrogens (tertiary/aromatic N) is 1. The fourth-order valence-electron chi connectivity index (χ4n) is 1.66. The molecule has 3 N–H and O–H groups in total. The zero-order chi connectivity index (χ0) is 9.03. The summed E-state index contributed by atoms with van der Waals surface area (Å²) in [5, 5.41) is 8.74. The Bertz CT molecular complexity index is 130. The van der Waals surface area contributed by atoms with Gasteiger partial charge in [-0.1, -0.05) is 6.92 Å². The Hall–Kier alpha value is -0.120. The fourth-order valence-corrected chi connectivity index (χ4v) is 1.66. The molecule has 0 aromatic carbocycles. The summed E-state index contributed by atoms with van der Waals surface area (Å²) in [5.74, 6) is 0. The van der Waals surface area contributed by atoms with Crippen molar-refractivity contribution in [3.05, 3.63) is 0 Å². The van der Waals surface area contributed by atoms with Crippen LogP contribution in [0.5, 0.6) is 0 Å². The van der Waals surface area contributed by atoms with Crippen molar-refractivity contribution in [2.45, 2.75) is 19.8 Å². The molecule has 3 nitrogen and oxygen atoms in total. The molecule has 1 rings (SSSR count). The highest BCUT2D eigenvalue weighted by Crippen LogP contribution is 2.28. The van der Waals surface area contributed by atoms with Crippen LogP contribution in [0.15, 0.2) is 0 Å². The first kappa shape index (κ1) is 9.96. The maximum absolute atomic E-state index is 8.74. The highest BCUT2D eigenvalue weighted by molar-refractivity contribution is 4.82. The fraction of sp³-hybridized carbons (Fsp3) is 1.00. The first-order chi connectivity index (χ1) is 5.70. The Morgan fingerprint density at radius 3 is 2.42 bits per heavy atom. The number of aliphatic hydroxyl groups excluding tert-OH is 1. The van der Waals surface area contributed by atoms with Crippen molar-refractivity contribution in [3.63, 3.8) is 0 Å². The minimum absolute atomic E-state index is 0.277. The number of piperidine rings is 1. The number of β-amino-alcohol motifs (C(OH)–C–C–N with tert-alkyl or cyclic N) is 1. The molecule has 0 bridgehead atoms. The second-order valence-electron chi connectivity index (χ2n) is 4.08. The van der Waals surface area contributed by atoms with Crippen molar-refractivity contribution in [2.75, 3.05) is 32.8 Å². The van der Waals surface area contributed by atoms with Crippen molar-refractivity contribution < 1.29 is 5.11 Å². The molecule has 12 heavy (non-hydrogen) atoms. The van der Waals surface area contributed by atoms with E-state index >= 15 is 0 Å². The van der Waals surface area contributed by atoms with Crippen LogP contribution in [-0.2, 0) is 0 Å². The largest absolute Gasteiger partial charge is 0.395 e. The van der Waals surface area contributed by atoms with Gasteiger partial charge in [-0.05, 0) is 37.9 Å². The van der Waals surface area contributed by atoms with Crippen molar-refractivity contribution >= 4 is 0 Å². The van der Waals surface area contributed by atoms with Gasteiger partial charge in [-0.25, -0.2) is 0 Å². The van der Waals surface area contributed by atoms with E-state index in [4.69, 9.17) is 10.8 Å². The van der Waals surface area contributed by atoms with Crippen LogP contribution < -0.4 is 5.73 Å². The quantitative estimate of drug-likeness (QED) is 0.632. The van der Waals surface area contributed by atoms with Crippen molar-refractivity contribution in [1.82, 2.24) is 4.90 Å². The van der Waals surface area contributed by atoms with Gasteiger partial charge in [0.1, 0.15) is 0 Å². The van der Waals surface area contributed by atoms with Crippen molar-refractivity contribution in [3.8, 4) is 0 Å². The van der Waals surface area contributed by atoms with Gasteiger partial charge in [0.25, 0.3) is 0 Å². The monoisotopic (exact) mass is 172 g/mol. The maximum Gasteiger partial charge on any atom is 0.0558 e. The molecule has 0 atom stereocenters. The zero-order valence-corrected chi connectivity index (χ0v) is 7.92. The molecule has 1 saturated heterocycles. The topological polar surface area (TPSA) is 49.5 Å². The second-order valence-corrected chi connectivity index (χ2v) is 4.08. The first-order valence-corrected chi connectivity index (χ1v) is 4.73. The van der Waals surface area contributed by atoms with Gasteiger partial charge < -0.3 is 15.7 Å². The van der Waals surface area contributed by atoms with Gasteiger partial charge in [-0.2, -0.15) is 0 Å². The molecule has 0 aromatic heterocycles. The molecule has 0 aliphatic carbocycles. The molecular formula is C9H20N2O. The van der Waals surface area contributed by atoms with E-state index in [-0.39, 0.29) is 6.61 Å². The lowest BCUT2D eigenvalue weighted by Gasteiger charge is -2.38. The third-order valence-corrected chi connectivity index (χ3v) is 2.97. The summed E-state index contributed by atoms with van der Waals surface area (Å²) in [7, 11) is 0. The van der Waals surface area contributed by atoms with Gasteiger partial charge in [0.2, 0.25) is 0 Å². The number of rotatable bonds is 3. The summed E-state index contributed by atoms with van der Waals surface area (Å²) >= 11 is 0. The number of likely N-dealkylation sites (tertiary alicyclic amines) is 1. The second kappa shape index (κ2) is 4.21. The van der Waals surface area contributed by atoms with Crippen LogP contribution in [0, 0.1) is 5.41 Å².